The third-order valence-corrected chi connectivity index (χ3v) is 2.84. The minimum absolute atomic E-state index is 0.150. The Morgan fingerprint density at radius 1 is 1.43 bits per heavy atom. The summed E-state index contributed by atoms with van der Waals surface area (Å²) in [5.41, 5.74) is 1.33. The Morgan fingerprint density at radius 2 is 2.24 bits per heavy atom. The van der Waals surface area contributed by atoms with Gasteiger partial charge in [-0.15, -0.1) is 0 Å². The molecule has 21 heavy (non-hydrogen) atoms. The summed E-state index contributed by atoms with van der Waals surface area (Å²) in [7, 11) is 1.51. The lowest BCUT2D eigenvalue weighted by molar-refractivity contribution is -0.131. The first-order valence-corrected chi connectivity index (χ1v) is 6.18. The molecule has 0 aliphatic heterocycles. The molecule has 1 N–H and O–H groups in total. The van der Waals surface area contributed by atoms with Gasteiger partial charge in [0.15, 0.2) is 0 Å². The van der Waals surface area contributed by atoms with E-state index >= 15 is 0 Å². The van der Waals surface area contributed by atoms with Crippen LogP contribution in [0.2, 0.25) is 0 Å². The van der Waals surface area contributed by atoms with Crippen molar-refractivity contribution >= 4 is 12.0 Å². The second-order valence-corrected chi connectivity index (χ2v) is 4.29. The first-order valence-electron chi connectivity index (χ1n) is 6.18. The first-order chi connectivity index (χ1) is 10.1. The normalized spacial score (nSPS) is 10.7. The van der Waals surface area contributed by atoms with Gasteiger partial charge in [0.2, 0.25) is 0 Å². The molecular weight excluding hydrogens is 272 g/mol. The Bertz CT molecular complexity index is 734. The molecule has 0 radical (unpaired) electrons. The highest BCUT2D eigenvalue weighted by Gasteiger charge is 2.04. The zero-order valence-electron chi connectivity index (χ0n) is 11.4. The van der Waals surface area contributed by atoms with Crippen molar-refractivity contribution in [2.45, 2.75) is 6.54 Å². The zero-order valence-corrected chi connectivity index (χ0v) is 11.4. The lowest BCUT2D eigenvalue weighted by Gasteiger charge is -2.09. The number of carbonyl (C=O) groups is 1. The standard InChI is InChI=1S/C15H14N2O4/c1-21-13-4-2-11(8-12(13)3-5-15(19)20)9-17-10-16-7-6-14(17)18/h2-8,10H,9H2,1H3,(H,19,20). The Morgan fingerprint density at radius 3 is 2.90 bits per heavy atom. The summed E-state index contributed by atoms with van der Waals surface area (Å²) in [6.45, 7) is 0.352. The Hall–Kier alpha value is -2.89. The van der Waals surface area contributed by atoms with Gasteiger partial charge in [0.1, 0.15) is 5.75 Å². The molecule has 1 aromatic carbocycles. The van der Waals surface area contributed by atoms with Crippen molar-refractivity contribution in [1.29, 1.82) is 0 Å². The third kappa shape index (κ3) is 3.79. The van der Waals surface area contributed by atoms with E-state index < -0.39 is 5.97 Å². The van der Waals surface area contributed by atoms with Gasteiger partial charge in [-0.25, -0.2) is 9.78 Å². The number of carboxylic acids is 1. The third-order valence-electron chi connectivity index (χ3n) is 2.84. The van der Waals surface area contributed by atoms with Crippen molar-refractivity contribution in [3.8, 4) is 5.75 Å². The molecule has 0 aliphatic carbocycles. The topological polar surface area (TPSA) is 81.4 Å². The van der Waals surface area contributed by atoms with Crippen LogP contribution in [0.4, 0.5) is 0 Å². The molecule has 1 heterocycles. The van der Waals surface area contributed by atoms with Crippen LogP contribution in [0.25, 0.3) is 6.08 Å². The number of benzene rings is 1. The highest BCUT2D eigenvalue weighted by Crippen LogP contribution is 2.21. The fourth-order valence-corrected chi connectivity index (χ4v) is 1.87. The van der Waals surface area contributed by atoms with Crippen LogP contribution in [0.5, 0.6) is 5.75 Å². The van der Waals surface area contributed by atoms with E-state index in [9.17, 15) is 9.59 Å². The first kappa shape index (κ1) is 14.5. The minimum atomic E-state index is -1.04. The van der Waals surface area contributed by atoms with Gasteiger partial charge in [-0.1, -0.05) is 6.07 Å². The van der Waals surface area contributed by atoms with Crippen LogP contribution in [0.1, 0.15) is 11.1 Å². The maximum atomic E-state index is 11.7. The lowest BCUT2D eigenvalue weighted by Crippen LogP contribution is -2.19. The highest BCUT2D eigenvalue weighted by atomic mass is 16.5. The fraction of sp³-hybridized carbons (Fsp3) is 0.133. The van der Waals surface area contributed by atoms with Crippen molar-refractivity contribution in [2.75, 3.05) is 7.11 Å². The van der Waals surface area contributed by atoms with E-state index in [2.05, 4.69) is 4.98 Å². The SMILES string of the molecule is COc1ccc(Cn2cnccc2=O)cc1C=CC(=O)O. The van der Waals surface area contributed by atoms with Gasteiger partial charge in [-0.05, 0) is 23.8 Å². The predicted molar refractivity (Wildman–Crippen MR) is 77.3 cm³/mol. The average molecular weight is 286 g/mol. The molecule has 108 valence electrons. The van der Waals surface area contributed by atoms with Gasteiger partial charge in [0.25, 0.3) is 5.56 Å². The second kappa shape index (κ2) is 6.51. The van der Waals surface area contributed by atoms with E-state index in [1.165, 1.54) is 36.3 Å². The summed E-state index contributed by atoms with van der Waals surface area (Å²) < 4.78 is 6.65. The summed E-state index contributed by atoms with van der Waals surface area (Å²) in [4.78, 5) is 26.2. The van der Waals surface area contributed by atoms with Crippen LogP contribution >= 0.6 is 0 Å². The van der Waals surface area contributed by atoms with Crippen LogP contribution in [0.3, 0.4) is 0 Å². The highest BCUT2D eigenvalue weighted by molar-refractivity contribution is 5.86. The molecule has 6 heteroatoms. The number of nitrogens with zero attached hydrogens (tertiary/aromatic N) is 2. The Kier molecular flexibility index (Phi) is 4.50. The lowest BCUT2D eigenvalue weighted by atomic mass is 10.1. The molecular formula is C15H14N2O4. The van der Waals surface area contributed by atoms with Crippen LogP contribution in [0.15, 0.2) is 47.7 Å². The Balaban J connectivity index is 2.33. The largest absolute Gasteiger partial charge is 0.496 e. The molecule has 0 fully saturated rings. The smallest absolute Gasteiger partial charge is 0.328 e. The molecule has 0 amide bonds. The number of aromatic nitrogens is 2. The van der Waals surface area contributed by atoms with Crippen molar-refractivity contribution in [3.05, 3.63) is 64.3 Å². The zero-order chi connectivity index (χ0) is 15.2. The summed E-state index contributed by atoms with van der Waals surface area (Å²) in [6, 6.07) is 6.71. The molecule has 0 saturated heterocycles. The van der Waals surface area contributed by atoms with E-state index in [-0.39, 0.29) is 5.56 Å². The molecule has 2 aromatic rings. The van der Waals surface area contributed by atoms with Crippen molar-refractivity contribution < 1.29 is 14.6 Å². The van der Waals surface area contributed by atoms with E-state index in [1.807, 2.05) is 6.07 Å². The number of rotatable bonds is 5. The fourth-order valence-electron chi connectivity index (χ4n) is 1.87. The van der Waals surface area contributed by atoms with Crippen LogP contribution in [0, 0.1) is 0 Å². The van der Waals surface area contributed by atoms with E-state index in [0.717, 1.165) is 11.6 Å². The molecule has 0 atom stereocenters. The summed E-state index contributed by atoms with van der Waals surface area (Å²) >= 11 is 0. The summed E-state index contributed by atoms with van der Waals surface area (Å²) in [5.74, 6) is -0.472. The number of hydrogen-bond acceptors (Lipinski definition) is 4. The van der Waals surface area contributed by atoms with Crippen LogP contribution < -0.4 is 10.3 Å². The number of carboxylic acid groups (broad SMARTS) is 1. The molecule has 2 rings (SSSR count). The quantitative estimate of drug-likeness (QED) is 0.840. The number of aliphatic carboxylic acids is 1. The monoisotopic (exact) mass is 286 g/mol. The number of methoxy groups -OCH3 is 1. The van der Waals surface area contributed by atoms with Crippen LogP contribution in [-0.2, 0) is 11.3 Å². The molecule has 6 nitrogen and oxygen atoms in total. The van der Waals surface area contributed by atoms with Gasteiger partial charge < -0.3 is 9.84 Å². The minimum Gasteiger partial charge on any atom is -0.496 e. The van der Waals surface area contributed by atoms with E-state index in [1.54, 1.807) is 12.1 Å². The van der Waals surface area contributed by atoms with Crippen LogP contribution in [-0.4, -0.2) is 27.7 Å². The van der Waals surface area contributed by atoms with Gasteiger partial charge in [0.05, 0.1) is 20.0 Å². The van der Waals surface area contributed by atoms with E-state index in [4.69, 9.17) is 9.84 Å². The van der Waals surface area contributed by atoms with Crippen molar-refractivity contribution in [1.82, 2.24) is 9.55 Å². The van der Waals surface area contributed by atoms with Gasteiger partial charge in [-0.2, -0.15) is 0 Å². The number of hydrogen-bond donors (Lipinski definition) is 1. The average Bonchev–Trinajstić information content (AvgIpc) is 2.47. The molecule has 0 unspecified atom stereocenters. The molecule has 1 aromatic heterocycles. The van der Waals surface area contributed by atoms with Crippen molar-refractivity contribution in [2.24, 2.45) is 0 Å². The molecule has 0 saturated carbocycles. The Labute approximate surface area is 121 Å². The summed E-state index contributed by atoms with van der Waals surface area (Å²) in [5, 5.41) is 8.70. The number of ether oxygens (including phenoxy) is 1. The van der Waals surface area contributed by atoms with Gasteiger partial charge in [-0.3, -0.25) is 9.36 Å². The molecule has 0 aliphatic rings. The van der Waals surface area contributed by atoms with Gasteiger partial charge in [0, 0.05) is 23.9 Å². The molecule has 0 bridgehead atoms. The summed E-state index contributed by atoms with van der Waals surface area (Å²) in [6.07, 6.45) is 5.39. The second-order valence-electron chi connectivity index (χ2n) is 4.29. The predicted octanol–water partition coefficient (Wildman–Crippen LogP) is 1.40. The molecule has 0 spiro atoms. The van der Waals surface area contributed by atoms with E-state index in [0.29, 0.717) is 17.9 Å². The van der Waals surface area contributed by atoms with Crippen molar-refractivity contribution in [3.63, 3.8) is 0 Å². The maximum Gasteiger partial charge on any atom is 0.328 e. The maximum absolute atomic E-state index is 11.7. The van der Waals surface area contributed by atoms with Gasteiger partial charge >= 0.3 is 5.97 Å².